The van der Waals surface area contributed by atoms with Crippen LogP contribution in [0.25, 0.3) is 16.6 Å². The van der Waals surface area contributed by atoms with E-state index >= 15 is 0 Å². The highest BCUT2D eigenvalue weighted by atomic mass is 19.4. The molecular formula is C19H20F3N9O. The number of aromatic nitrogens is 7. The number of rotatable bonds is 3. The normalized spacial score (nSPS) is 16.6. The first kappa shape index (κ1) is 20.4. The maximum absolute atomic E-state index is 13.3. The van der Waals surface area contributed by atoms with Gasteiger partial charge in [0.2, 0.25) is 11.8 Å². The topological polar surface area (TPSA) is 112 Å². The molecule has 0 saturated carbocycles. The highest BCUT2D eigenvalue weighted by Crippen LogP contribution is 2.35. The number of ether oxygens (including phenoxy) is 1. The van der Waals surface area contributed by atoms with Crippen molar-refractivity contribution in [1.82, 2.24) is 39.2 Å². The monoisotopic (exact) mass is 447 g/mol. The predicted octanol–water partition coefficient (Wildman–Crippen LogP) is 2.23. The molecule has 4 heterocycles. The first-order valence-electron chi connectivity index (χ1n) is 9.80. The second-order valence-corrected chi connectivity index (χ2v) is 8.32. The Morgan fingerprint density at radius 1 is 1.19 bits per heavy atom. The van der Waals surface area contributed by atoms with Crippen molar-refractivity contribution in [3.8, 4) is 5.75 Å². The minimum Gasteiger partial charge on any atom is -0.494 e. The number of benzene rings is 1. The first-order valence-corrected chi connectivity index (χ1v) is 9.80. The number of fused-ring (bicyclic) bond motifs is 4. The molecule has 3 aromatic heterocycles. The van der Waals surface area contributed by atoms with Gasteiger partial charge in [0.1, 0.15) is 17.1 Å². The maximum Gasteiger partial charge on any atom is 0.451 e. The number of hydrogen-bond acceptors (Lipinski definition) is 8. The van der Waals surface area contributed by atoms with E-state index in [9.17, 15) is 13.2 Å². The number of halogens is 3. The fourth-order valence-corrected chi connectivity index (χ4v) is 4.32. The van der Waals surface area contributed by atoms with E-state index in [1.54, 1.807) is 27.0 Å². The Hall–Kier alpha value is -3.48. The van der Waals surface area contributed by atoms with Crippen LogP contribution >= 0.6 is 0 Å². The second-order valence-electron chi connectivity index (χ2n) is 8.32. The Kier molecular flexibility index (Phi) is 4.31. The van der Waals surface area contributed by atoms with Gasteiger partial charge in [-0.05, 0) is 26.0 Å². The quantitative estimate of drug-likeness (QED) is 0.509. The van der Waals surface area contributed by atoms with Gasteiger partial charge in [0, 0.05) is 11.9 Å². The largest absolute Gasteiger partial charge is 0.494 e. The van der Waals surface area contributed by atoms with Crippen LogP contribution in [-0.4, -0.2) is 52.9 Å². The van der Waals surface area contributed by atoms with Crippen molar-refractivity contribution in [3.63, 3.8) is 0 Å². The maximum atomic E-state index is 13.3. The van der Waals surface area contributed by atoms with Crippen LogP contribution in [0.3, 0.4) is 0 Å². The average molecular weight is 447 g/mol. The van der Waals surface area contributed by atoms with Gasteiger partial charge in [-0.15, -0.1) is 15.3 Å². The van der Waals surface area contributed by atoms with E-state index in [1.807, 2.05) is 17.0 Å². The Balaban J connectivity index is 1.51. The van der Waals surface area contributed by atoms with E-state index in [-0.39, 0.29) is 18.3 Å². The number of nitrogens with zero attached hydrogens (tertiary/aromatic N) is 8. The standard InChI is InChI=1S/C19H20F3N9O/c1-18(2)9-29(8-13-26-27-16(30(13)18)19(20,21)22)7-12-24-15-10-5-4-6-11(32-3)14(10)25-17(23)31(15)28-12/h4-6H,7-9H2,1-3H3,(H2,23,25). The summed E-state index contributed by atoms with van der Waals surface area (Å²) in [7, 11) is 1.55. The molecule has 10 nitrogen and oxygen atoms in total. The molecule has 0 aliphatic carbocycles. The minimum atomic E-state index is -4.57. The molecule has 1 aliphatic rings. The van der Waals surface area contributed by atoms with Crippen LogP contribution < -0.4 is 10.5 Å². The summed E-state index contributed by atoms with van der Waals surface area (Å²) in [6.07, 6.45) is -4.57. The summed E-state index contributed by atoms with van der Waals surface area (Å²) in [4.78, 5) is 11.0. The van der Waals surface area contributed by atoms with Crippen molar-refractivity contribution in [1.29, 1.82) is 0 Å². The molecule has 0 amide bonds. The van der Waals surface area contributed by atoms with Crippen LogP contribution in [0.5, 0.6) is 5.75 Å². The number of para-hydroxylation sites is 1. The average Bonchev–Trinajstić information content (AvgIpc) is 3.32. The lowest BCUT2D eigenvalue weighted by atomic mass is 10.0. The number of nitrogen functional groups attached to an aromatic ring is 1. The van der Waals surface area contributed by atoms with E-state index < -0.39 is 17.5 Å². The van der Waals surface area contributed by atoms with Crippen LogP contribution in [0.1, 0.15) is 31.3 Å². The van der Waals surface area contributed by atoms with Crippen LogP contribution in [0.2, 0.25) is 0 Å². The summed E-state index contributed by atoms with van der Waals surface area (Å²) >= 11 is 0. The number of nitrogens with two attached hydrogens (primary N) is 1. The second kappa shape index (κ2) is 6.76. The van der Waals surface area contributed by atoms with Crippen molar-refractivity contribution in [2.45, 2.75) is 38.7 Å². The lowest BCUT2D eigenvalue weighted by Gasteiger charge is -2.39. The smallest absolute Gasteiger partial charge is 0.451 e. The van der Waals surface area contributed by atoms with Crippen LogP contribution in [0, 0.1) is 0 Å². The van der Waals surface area contributed by atoms with Gasteiger partial charge in [0.15, 0.2) is 11.5 Å². The Bertz CT molecular complexity index is 1340. The van der Waals surface area contributed by atoms with Gasteiger partial charge in [0.05, 0.1) is 25.7 Å². The number of hydrogen-bond donors (Lipinski definition) is 1. The van der Waals surface area contributed by atoms with E-state index in [0.29, 0.717) is 35.8 Å². The van der Waals surface area contributed by atoms with Crippen LogP contribution in [0.15, 0.2) is 18.2 Å². The molecule has 1 aromatic carbocycles. The predicted molar refractivity (Wildman–Crippen MR) is 108 cm³/mol. The number of alkyl halides is 3. The van der Waals surface area contributed by atoms with Gasteiger partial charge < -0.3 is 10.5 Å². The molecule has 0 atom stereocenters. The molecule has 0 fully saturated rings. The van der Waals surface area contributed by atoms with Crippen molar-refractivity contribution < 1.29 is 17.9 Å². The molecule has 0 unspecified atom stereocenters. The van der Waals surface area contributed by atoms with E-state index in [2.05, 4.69) is 25.3 Å². The van der Waals surface area contributed by atoms with Gasteiger partial charge >= 0.3 is 6.18 Å². The zero-order chi connectivity index (χ0) is 22.8. The van der Waals surface area contributed by atoms with Crippen molar-refractivity contribution in [3.05, 3.63) is 35.7 Å². The third kappa shape index (κ3) is 3.11. The van der Waals surface area contributed by atoms with Crippen LogP contribution in [0.4, 0.5) is 19.1 Å². The summed E-state index contributed by atoms with van der Waals surface area (Å²) in [5, 5.41) is 12.4. The molecule has 168 valence electrons. The van der Waals surface area contributed by atoms with Crippen LogP contribution in [-0.2, 0) is 24.8 Å². The fraction of sp³-hybridized carbons (Fsp3) is 0.421. The molecule has 1 aliphatic heterocycles. The number of anilines is 1. The van der Waals surface area contributed by atoms with Crippen molar-refractivity contribution >= 4 is 22.5 Å². The summed E-state index contributed by atoms with van der Waals surface area (Å²) in [6.45, 7) is 4.26. The zero-order valence-corrected chi connectivity index (χ0v) is 17.6. The summed E-state index contributed by atoms with van der Waals surface area (Å²) in [5.74, 6) is 0.452. The first-order chi connectivity index (χ1) is 15.1. The molecule has 0 saturated heterocycles. The van der Waals surface area contributed by atoms with E-state index in [1.165, 1.54) is 9.08 Å². The summed E-state index contributed by atoms with van der Waals surface area (Å²) < 4.78 is 48.0. The Labute approximate surface area is 179 Å². The van der Waals surface area contributed by atoms with Gasteiger partial charge in [-0.1, -0.05) is 6.07 Å². The highest BCUT2D eigenvalue weighted by molar-refractivity contribution is 5.95. The van der Waals surface area contributed by atoms with Gasteiger partial charge in [-0.3, -0.25) is 9.47 Å². The molecule has 0 spiro atoms. The summed E-state index contributed by atoms with van der Waals surface area (Å²) in [5.41, 5.74) is 6.32. The Morgan fingerprint density at radius 2 is 1.97 bits per heavy atom. The Morgan fingerprint density at radius 3 is 2.69 bits per heavy atom. The minimum absolute atomic E-state index is 0.157. The molecule has 32 heavy (non-hydrogen) atoms. The van der Waals surface area contributed by atoms with Gasteiger partial charge in [-0.2, -0.15) is 17.7 Å². The third-order valence-corrected chi connectivity index (χ3v) is 5.48. The SMILES string of the molecule is COc1cccc2c1nc(N)n1nc(CN3Cc4nnc(C(F)(F)F)n4C(C)(C)C3)nc21. The fourth-order valence-electron chi connectivity index (χ4n) is 4.32. The molecular weight excluding hydrogens is 427 g/mol. The van der Waals surface area contributed by atoms with Crippen molar-refractivity contribution in [2.75, 3.05) is 19.4 Å². The zero-order valence-electron chi connectivity index (χ0n) is 17.6. The summed E-state index contributed by atoms with van der Waals surface area (Å²) in [6, 6.07) is 5.46. The molecule has 4 aromatic rings. The van der Waals surface area contributed by atoms with E-state index in [4.69, 9.17) is 10.5 Å². The van der Waals surface area contributed by atoms with E-state index in [0.717, 1.165) is 5.39 Å². The lowest BCUT2D eigenvalue weighted by Crippen LogP contribution is -2.48. The third-order valence-electron chi connectivity index (χ3n) is 5.48. The molecule has 5 rings (SSSR count). The highest BCUT2D eigenvalue weighted by Gasteiger charge is 2.44. The van der Waals surface area contributed by atoms with Gasteiger partial charge in [-0.25, -0.2) is 9.97 Å². The molecule has 13 heteroatoms. The molecule has 2 N–H and O–H groups in total. The molecule has 0 bridgehead atoms. The van der Waals surface area contributed by atoms with Crippen molar-refractivity contribution in [2.24, 2.45) is 0 Å². The lowest BCUT2D eigenvalue weighted by molar-refractivity contribution is -0.150. The number of methoxy groups -OCH3 is 1. The van der Waals surface area contributed by atoms with Gasteiger partial charge in [0.25, 0.3) is 0 Å². The molecule has 0 radical (unpaired) electrons.